The van der Waals surface area contributed by atoms with Gasteiger partial charge in [0.15, 0.2) is 5.78 Å². The van der Waals surface area contributed by atoms with Crippen LogP contribution in [0.4, 0.5) is 0 Å². The summed E-state index contributed by atoms with van der Waals surface area (Å²) >= 11 is 12.3. The number of nitrogens with zero attached hydrogens (tertiary/aromatic N) is 6. The topological polar surface area (TPSA) is 172 Å². The van der Waals surface area contributed by atoms with E-state index < -0.39 is 5.97 Å². The molecule has 0 bridgehead atoms. The second kappa shape index (κ2) is 16.0. The highest BCUT2D eigenvalue weighted by Gasteiger charge is 2.16. The standard InChI is InChI=1S/C19H12ClN3O2.C18H10ClN3O3/c1-12(24)13-5-6-19(17(20)9-13)25-18-4-2-3-15(16(18)10-21)14-7-8-22-23-11-14;19-15-8-11(18(23)24)4-5-17(15)25-16-3-1-2-13(14(16)9-20)12-6-7-21-22-10-12/h2-9,11H,1H3;1-8,10H,(H,23,24). The molecule has 0 radical (unpaired) electrons. The second-order valence-electron chi connectivity index (χ2n) is 10.2. The number of carboxylic acids is 1. The molecule has 0 aliphatic heterocycles. The van der Waals surface area contributed by atoms with E-state index >= 15 is 0 Å². The predicted molar refractivity (Wildman–Crippen MR) is 184 cm³/mol. The van der Waals surface area contributed by atoms with Crippen LogP contribution in [0.3, 0.4) is 0 Å². The highest BCUT2D eigenvalue weighted by molar-refractivity contribution is 6.32. The molecule has 0 unspecified atom stereocenters. The van der Waals surface area contributed by atoms with Crippen LogP contribution in [0.5, 0.6) is 23.0 Å². The minimum atomic E-state index is -1.08. The van der Waals surface area contributed by atoms with Crippen LogP contribution in [-0.2, 0) is 0 Å². The molecule has 6 aromatic rings. The van der Waals surface area contributed by atoms with E-state index in [9.17, 15) is 20.1 Å². The van der Waals surface area contributed by atoms with Gasteiger partial charge in [0.25, 0.3) is 0 Å². The third-order valence-electron chi connectivity index (χ3n) is 7.02. The van der Waals surface area contributed by atoms with Crippen molar-refractivity contribution in [3.05, 3.63) is 142 Å². The zero-order valence-corrected chi connectivity index (χ0v) is 27.4. The molecule has 0 fully saturated rings. The Morgan fingerprint density at radius 2 is 1.10 bits per heavy atom. The van der Waals surface area contributed by atoms with Crippen molar-refractivity contribution in [2.75, 3.05) is 0 Å². The maximum Gasteiger partial charge on any atom is 0.335 e. The summed E-state index contributed by atoms with van der Waals surface area (Å²) in [6, 6.07) is 27.1. The Balaban J connectivity index is 0.000000194. The first-order chi connectivity index (χ1) is 24.2. The van der Waals surface area contributed by atoms with E-state index in [0.29, 0.717) is 50.1 Å². The monoisotopic (exact) mass is 700 g/mol. The third kappa shape index (κ3) is 8.06. The number of aromatic carboxylic acids is 1. The first-order valence-corrected chi connectivity index (χ1v) is 15.2. The molecule has 13 heteroatoms. The van der Waals surface area contributed by atoms with Gasteiger partial charge in [-0.25, -0.2) is 4.79 Å². The first-order valence-electron chi connectivity index (χ1n) is 14.5. The normalized spacial score (nSPS) is 10.1. The molecule has 2 heterocycles. The summed E-state index contributed by atoms with van der Waals surface area (Å²) < 4.78 is 11.6. The molecule has 6 rings (SSSR count). The number of aromatic nitrogens is 4. The maximum atomic E-state index is 11.4. The van der Waals surface area contributed by atoms with E-state index in [4.69, 9.17) is 37.8 Å². The third-order valence-corrected chi connectivity index (χ3v) is 7.61. The Bertz CT molecular complexity index is 2130. The average molecular weight is 702 g/mol. The minimum absolute atomic E-state index is 0.0504. The molecular formula is C37H22Cl2N6O5. The van der Waals surface area contributed by atoms with Gasteiger partial charge in [0.1, 0.15) is 46.3 Å². The fourth-order valence-corrected chi connectivity index (χ4v) is 5.04. The molecule has 0 saturated heterocycles. The summed E-state index contributed by atoms with van der Waals surface area (Å²) in [5.41, 5.74) is 4.04. The van der Waals surface area contributed by atoms with Crippen LogP contribution in [0.2, 0.25) is 10.0 Å². The van der Waals surface area contributed by atoms with E-state index in [2.05, 4.69) is 32.5 Å². The average Bonchev–Trinajstić information content (AvgIpc) is 3.14. The lowest BCUT2D eigenvalue weighted by Crippen LogP contribution is -1.97. The van der Waals surface area contributed by atoms with Crippen molar-refractivity contribution in [3.63, 3.8) is 0 Å². The lowest BCUT2D eigenvalue weighted by molar-refractivity contribution is 0.0696. The number of hydrogen-bond acceptors (Lipinski definition) is 10. The number of hydrogen-bond donors (Lipinski definition) is 1. The Labute approximate surface area is 295 Å². The van der Waals surface area contributed by atoms with Gasteiger partial charge >= 0.3 is 5.97 Å². The van der Waals surface area contributed by atoms with Crippen molar-refractivity contribution >= 4 is 35.0 Å². The Hall–Kier alpha value is -6.66. The Morgan fingerprint density at radius 1 is 0.640 bits per heavy atom. The van der Waals surface area contributed by atoms with Crippen molar-refractivity contribution in [1.29, 1.82) is 10.5 Å². The zero-order valence-electron chi connectivity index (χ0n) is 25.9. The van der Waals surface area contributed by atoms with Crippen LogP contribution in [0, 0.1) is 22.7 Å². The molecule has 0 spiro atoms. The summed E-state index contributed by atoms with van der Waals surface area (Å²) in [5.74, 6) is 0.133. The number of Topliss-reactive ketones (excluding diaryl/α,β-unsaturated/α-hetero) is 1. The van der Waals surface area contributed by atoms with E-state index in [1.807, 2.05) is 6.07 Å². The molecule has 2 aromatic heterocycles. The molecule has 11 nitrogen and oxygen atoms in total. The van der Waals surface area contributed by atoms with Crippen LogP contribution < -0.4 is 9.47 Å². The van der Waals surface area contributed by atoms with Gasteiger partial charge in [0.2, 0.25) is 0 Å². The number of rotatable bonds is 8. The number of halogens is 2. The molecule has 244 valence electrons. The lowest BCUT2D eigenvalue weighted by Gasteiger charge is -2.12. The molecule has 1 N–H and O–H groups in total. The highest BCUT2D eigenvalue weighted by atomic mass is 35.5. The van der Waals surface area contributed by atoms with Crippen molar-refractivity contribution in [2.24, 2.45) is 0 Å². The summed E-state index contributed by atoms with van der Waals surface area (Å²) in [4.78, 5) is 22.4. The van der Waals surface area contributed by atoms with E-state index in [1.165, 1.54) is 31.3 Å². The number of carbonyl (C=O) groups is 2. The maximum absolute atomic E-state index is 11.4. The van der Waals surface area contributed by atoms with Crippen LogP contribution in [-0.4, -0.2) is 37.3 Å². The quantitative estimate of drug-likeness (QED) is 0.150. The number of benzene rings is 4. The van der Waals surface area contributed by atoms with Gasteiger partial charge < -0.3 is 14.6 Å². The molecule has 0 saturated carbocycles. The van der Waals surface area contributed by atoms with Crippen molar-refractivity contribution in [2.45, 2.75) is 6.92 Å². The fourth-order valence-electron chi connectivity index (χ4n) is 4.60. The Morgan fingerprint density at radius 3 is 1.48 bits per heavy atom. The van der Waals surface area contributed by atoms with Crippen LogP contribution in [0.1, 0.15) is 38.8 Å². The largest absolute Gasteiger partial charge is 0.478 e. The smallest absolute Gasteiger partial charge is 0.335 e. The molecule has 4 aromatic carbocycles. The van der Waals surface area contributed by atoms with E-state index in [1.54, 1.807) is 79.3 Å². The highest BCUT2D eigenvalue weighted by Crippen LogP contribution is 2.37. The number of carboxylic acid groups (broad SMARTS) is 1. The van der Waals surface area contributed by atoms with Crippen LogP contribution in [0.25, 0.3) is 22.3 Å². The molecule has 0 aliphatic carbocycles. The van der Waals surface area contributed by atoms with Crippen molar-refractivity contribution < 1.29 is 24.2 Å². The van der Waals surface area contributed by atoms with Crippen LogP contribution in [0.15, 0.2) is 110 Å². The molecular weight excluding hydrogens is 679 g/mol. The zero-order chi connectivity index (χ0) is 35.6. The van der Waals surface area contributed by atoms with Gasteiger partial charge in [-0.05, 0) is 67.6 Å². The van der Waals surface area contributed by atoms with Gasteiger partial charge in [0, 0.05) is 27.8 Å². The summed E-state index contributed by atoms with van der Waals surface area (Å²) in [5, 5.41) is 43.7. The van der Waals surface area contributed by atoms with Crippen molar-refractivity contribution in [1.82, 2.24) is 20.4 Å². The molecule has 0 aliphatic rings. The van der Waals surface area contributed by atoms with Crippen molar-refractivity contribution in [3.8, 4) is 57.4 Å². The van der Waals surface area contributed by atoms with Gasteiger partial charge in [0.05, 0.1) is 40.4 Å². The van der Waals surface area contributed by atoms with E-state index in [-0.39, 0.29) is 22.1 Å². The fraction of sp³-hybridized carbons (Fsp3) is 0.0270. The second-order valence-corrected chi connectivity index (χ2v) is 11.0. The first kappa shape index (κ1) is 34.7. The van der Waals surface area contributed by atoms with Crippen LogP contribution >= 0.6 is 23.2 Å². The SMILES string of the molecule is CC(=O)c1ccc(Oc2cccc(-c3ccnnc3)c2C#N)c(Cl)c1.N#Cc1c(Oc2ccc(C(=O)O)cc2Cl)cccc1-c1ccnnc1. The van der Waals surface area contributed by atoms with Gasteiger partial charge in [-0.2, -0.15) is 30.9 Å². The van der Waals surface area contributed by atoms with Gasteiger partial charge in [-0.1, -0.05) is 47.5 Å². The number of nitriles is 2. The minimum Gasteiger partial charge on any atom is -0.478 e. The molecule has 50 heavy (non-hydrogen) atoms. The van der Waals surface area contributed by atoms with Gasteiger partial charge in [-0.3, -0.25) is 4.79 Å². The molecule has 0 amide bonds. The predicted octanol–water partition coefficient (Wildman–Crippen LogP) is 8.82. The number of ketones is 1. The van der Waals surface area contributed by atoms with E-state index in [0.717, 1.165) is 11.1 Å². The molecule has 0 atom stereocenters. The van der Waals surface area contributed by atoms with Gasteiger partial charge in [-0.15, -0.1) is 0 Å². The summed E-state index contributed by atoms with van der Waals surface area (Å²) in [7, 11) is 0. The number of ether oxygens (including phenoxy) is 2. The number of carbonyl (C=O) groups excluding carboxylic acids is 1. The summed E-state index contributed by atoms with van der Waals surface area (Å²) in [6.07, 6.45) is 6.22. The Kier molecular flexibility index (Phi) is 11.1. The lowest BCUT2D eigenvalue weighted by atomic mass is 10.0. The summed E-state index contributed by atoms with van der Waals surface area (Å²) in [6.45, 7) is 1.46.